The van der Waals surface area contributed by atoms with Gasteiger partial charge in [0.05, 0.1) is 33.5 Å². The number of ether oxygens (including phenoxy) is 3. The predicted octanol–water partition coefficient (Wildman–Crippen LogP) is 2.50. The van der Waals surface area contributed by atoms with Crippen LogP contribution in [-0.2, 0) is 16.0 Å². The Morgan fingerprint density at radius 1 is 0.857 bits per heavy atom. The molecule has 150 valence electrons. The normalized spacial score (nSPS) is 10.1. The molecule has 2 N–H and O–H groups in total. The van der Waals surface area contributed by atoms with Crippen molar-refractivity contribution < 1.29 is 23.8 Å². The fourth-order valence-corrected chi connectivity index (χ4v) is 3.18. The van der Waals surface area contributed by atoms with E-state index in [1.807, 2.05) is 31.2 Å². The van der Waals surface area contributed by atoms with E-state index in [0.29, 0.717) is 22.8 Å². The average Bonchev–Trinajstić information content (AvgIpc) is 2.71. The van der Waals surface area contributed by atoms with Crippen LogP contribution in [-0.4, -0.2) is 38.9 Å². The third-order valence-corrected chi connectivity index (χ3v) is 4.88. The molecular weight excluding hydrogens is 380 g/mol. The highest BCUT2D eigenvalue weighted by molar-refractivity contribution is 8.00. The van der Waals surface area contributed by atoms with Crippen molar-refractivity contribution in [3.8, 4) is 17.2 Å². The number of carbonyl (C=O) groups excluding carboxylic acids is 2. The molecule has 0 spiro atoms. The molecule has 0 atom stereocenters. The molecule has 0 fully saturated rings. The molecule has 2 rings (SSSR count). The molecule has 2 aromatic rings. The van der Waals surface area contributed by atoms with Crippen LogP contribution < -0.4 is 25.1 Å². The Morgan fingerprint density at radius 3 is 2.11 bits per heavy atom. The van der Waals surface area contributed by atoms with Gasteiger partial charge >= 0.3 is 0 Å². The van der Waals surface area contributed by atoms with Gasteiger partial charge in [-0.1, -0.05) is 23.8 Å². The number of nitrogens with one attached hydrogen (secondary N) is 2. The number of methoxy groups -OCH3 is 3. The summed E-state index contributed by atoms with van der Waals surface area (Å²) in [6, 6.07) is 11.3. The Balaban J connectivity index is 1.88. The van der Waals surface area contributed by atoms with E-state index in [2.05, 4.69) is 10.9 Å². The van der Waals surface area contributed by atoms with Gasteiger partial charge in [0.15, 0.2) is 11.5 Å². The van der Waals surface area contributed by atoms with E-state index in [1.54, 1.807) is 12.1 Å². The van der Waals surface area contributed by atoms with Crippen LogP contribution in [0.4, 0.5) is 0 Å². The molecule has 0 heterocycles. The van der Waals surface area contributed by atoms with Gasteiger partial charge in [0.25, 0.3) is 0 Å². The van der Waals surface area contributed by atoms with E-state index in [1.165, 1.54) is 33.1 Å². The van der Waals surface area contributed by atoms with Gasteiger partial charge in [-0.15, -0.1) is 11.8 Å². The van der Waals surface area contributed by atoms with Crippen LogP contribution in [0.2, 0.25) is 0 Å². The molecule has 0 saturated heterocycles. The number of aryl methyl sites for hydroxylation is 1. The Kier molecular flexibility index (Phi) is 8.01. The van der Waals surface area contributed by atoms with Crippen LogP contribution in [0.5, 0.6) is 17.2 Å². The van der Waals surface area contributed by atoms with Gasteiger partial charge in [-0.05, 0) is 25.1 Å². The highest BCUT2D eigenvalue weighted by Crippen LogP contribution is 2.39. The number of benzene rings is 2. The predicted molar refractivity (Wildman–Crippen MR) is 108 cm³/mol. The van der Waals surface area contributed by atoms with Gasteiger partial charge in [0.1, 0.15) is 0 Å². The van der Waals surface area contributed by atoms with Crippen LogP contribution in [0.3, 0.4) is 0 Å². The molecule has 28 heavy (non-hydrogen) atoms. The van der Waals surface area contributed by atoms with Crippen molar-refractivity contribution in [1.29, 1.82) is 0 Å². The van der Waals surface area contributed by atoms with Gasteiger partial charge in [-0.2, -0.15) is 0 Å². The number of amides is 2. The molecule has 7 nitrogen and oxygen atoms in total. The molecule has 0 unspecified atom stereocenters. The monoisotopic (exact) mass is 404 g/mol. The Hall–Kier alpha value is -2.87. The fourth-order valence-electron chi connectivity index (χ4n) is 2.48. The van der Waals surface area contributed by atoms with Gasteiger partial charge in [-0.3, -0.25) is 20.4 Å². The maximum Gasteiger partial charge on any atom is 0.248 e. The first-order valence-electron chi connectivity index (χ1n) is 8.53. The first-order valence-corrected chi connectivity index (χ1v) is 9.52. The average molecular weight is 404 g/mol. The van der Waals surface area contributed by atoms with Crippen molar-refractivity contribution in [2.75, 3.05) is 27.1 Å². The lowest BCUT2D eigenvalue weighted by Crippen LogP contribution is -2.43. The molecular formula is C20H24N2O5S. The third kappa shape index (κ3) is 5.82. The molecule has 2 amide bonds. The lowest BCUT2D eigenvalue weighted by molar-refractivity contribution is -0.127. The van der Waals surface area contributed by atoms with E-state index >= 15 is 0 Å². The Morgan fingerprint density at radius 2 is 1.50 bits per heavy atom. The Bertz CT molecular complexity index is 824. The van der Waals surface area contributed by atoms with E-state index in [4.69, 9.17) is 14.2 Å². The van der Waals surface area contributed by atoms with Gasteiger partial charge in [0, 0.05) is 10.5 Å². The van der Waals surface area contributed by atoms with Crippen LogP contribution in [0.25, 0.3) is 0 Å². The summed E-state index contributed by atoms with van der Waals surface area (Å²) in [6.45, 7) is 2.00. The van der Waals surface area contributed by atoms with Crippen molar-refractivity contribution in [3.05, 3.63) is 47.5 Å². The van der Waals surface area contributed by atoms with Crippen LogP contribution in [0, 0.1) is 6.92 Å². The first-order chi connectivity index (χ1) is 13.5. The summed E-state index contributed by atoms with van der Waals surface area (Å²) in [5.41, 5.74) is 6.60. The lowest BCUT2D eigenvalue weighted by Gasteiger charge is -2.15. The van der Waals surface area contributed by atoms with E-state index in [9.17, 15) is 9.59 Å². The zero-order valence-corrected chi connectivity index (χ0v) is 17.1. The smallest absolute Gasteiger partial charge is 0.248 e. The standard InChI is InChI=1S/C20H24N2O5S/c1-13-5-8-15(9-6-13)28-12-18(24)22-21-17(23)11-14-7-10-16(25-2)20(27-4)19(14)26-3/h5-10H,11-12H2,1-4H3,(H,21,23)(H,22,24). The van der Waals surface area contributed by atoms with E-state index < -0.39 is 0 Å². The zero-order valence-electron chi connectivity index (χ0n) is 16.3. The van der Waals surface area contributed by atoms with Crippen molar-refractivity contribution >= 4 is 23.6 Å². The molecule has 0 bridgehead atoms. The minimum Gasteiger partial charge on any atom is -0.493 e. The third-order valence-electron chi connectivity index (χ3n) is 3.87. The maximum atomic E-state index is 12.2. The molecule has 0 radical (unpaired) electrons. The highest BCUT2D eigenvalue weighted by Gasteiger charge is 2.18. The van der Waals surface area contributed by atoms with Crippen molar-refractivity contribution in [3.63, 3.8) is 0 Å². The number of carbonyl (C=O) groups is 2. The van der Waals surface area contributed by atoms with Crippen LogP contribution >= 0.6 is 11.8 Å². The lowest BCUT2D eigenvalue weighted by atomic mass is 10.1. The van der Waals surface area contributed by atoms with Gasteiger partial charge in [-0.25, -0.2) is 0 Å². The van der Waals surface area contributed by atoms with Crippen LogP contribution in [0.1, 0.15) is 11.1 Å². The SMILES string of the molecule is COc1ccc(CC(=O)NNC(=O)CSc2ccc(C)cc2)c(OC)c1OC. The number of hydrogen-bond acceptors (Lipinski definition) is 6. The summed E-state index contributed by atoms with van der Waals surface area (Å²) in [5, 5.41) is 0. The highest BCUT2D eigenvalue weighted by atomic mass is 32.2. The number of hydrogen-bond donors (Lipinski definition) is 2. The molecule has 0 aromatic heterocycles. The molecule has 0 aliphatic heterocycles. The van der Waals surface area contributed by atoms with Crippen molar-refractivity contribution in [2.24, 2.45) is 0 Å². The number of thioether (sulfide) groups is 1. The second kappa shape index (κ2) is 10.5. The summed E-state index contributed by atoms with van der Waals surface area (Å²) in [5.74, 6) is 0.859. The van der Waals surface area contributed by atoms with Crippen LogP contribution in [0.15, 0.2) is 41.3 Å². The minimum atomic E-state index is -0.376. The largest absolute Gasteiger partial charge is 0.493 e. The molecule has 2 aromatic carbocycles. The van der Waals surface area contributed by atoms with Gasteiger partial charge < -0.3 is 14.2 Å². The maximum absolute atomic E-state index is 12.2. The minimum absolute atomic E-state index is 0.00884. The summed E-state index contributed by atoms with van der Waals surface area (Å²) >= 11 is 1.39. The topological polar surface area (TPSA) is 85.9 Å². The van der Waals surface area contributed by atoms with E-state index in [-0.39, 0.29) is 24.0 Å². The number of hydrazine groups is 1. The Labute approximate surface area is 168 Å². The van der Waals surface area contributed by atoms with E-state index in [0.717, 1.165) is 10.5 Å². The zero-order chi connectivity index (χ0) is 20.5. The second-order valence-corrected chi connectivity index (χ2v) is 6.92. The molecule has 0 aliphatic rings. The molecule has 8 heteroatoms. The summed E-state index contributed by atoms with van der Waals surface area (Å²) in [6.07, 6.45) is 0.00884. The summed E-state index contributed by atoms with van der Waals surface area (Å²) in [7, 11) is 4.51. The molecule has 0 aliphatic carbocycles. The number of rotatable bonds is 8. The van der Waals surface area contributed by atoms with Crippen molar-refractivity contribution in [1.82, 2.24) is 10.9 Å². The van der Waals surface area contributed by atoms with Gasteiger partial charge in [0.2, 0.25) is 17.6 Å². The fraction of sp³-hybridized carbons (Fsp3) is 0.300. The quantitative estimate of drug-likeness (QED) is 0.519. The summed E-state index contributed by atoms with van der Waals surface area (Å²) in [4.78, 5) is 25.1. The molecule has 0 saturated carbocycles. The second-order valence-electron chi connectivity index (χ2n) is 5.87. The first kappa shape index (κ1) is 21.4. The van der Waals surface area contributed by atoms with Crippen molar-refractivity contribution in [2.45, 2.75) is 18.2 Å². The summed E-state index contributed by atoms with van der Waals surface area (Å²) < 4.78 is 15.9.